The number of furan rings is 1. The van der Waals surface area contributed by atoms with Crippen molar-refractivity contribution in [3.63, 3.8) is 0 Å². The molecule has 21 heavy (non-hydrogen) atoms. The molecule has 1 aliphatic heterocycles. The highest BCUT2D eigenvalue weighted by Crippen LogP contribution is 2.41. The Kier molecular flexibility index (Phi) is 4.12. The van der Waals surface area contributed by atoms with Crippen LogP contribution in [0.5, 0.6) is 11.5 Å². The molecule has 2 heterocycles. The zero-order chi connectivity index (χ0) is 14.8. The van der Waals surface area contributed by atoms with Gasteiger partial charge in [-0.05, 0) is 44.2 Å². The first kappa shape index (κ1) is 14.4. The summed E-state index contributed by atoms with van der Waals surface area (Å²) in [5.74, 6) is 3.41. The Hall–Kier alpha value is -1.59. The van der Waals surface area contributed by atoms with Gasteiger partial charge in [0.25, 0.3) is 0 Å². The van der Waals surface area contributed by atoms with E-state index in [1.807, 2.05) is 44.2 Å². The molecule has 2 N–H and O–H groups in total. The Morgan fingerprint density at radius 3 is 2.52 bits per heavy atom. The van der Waals surface area contributed by atoms with Gasteiger partial charge in [-0.25, -0.2) is 0 Å². The van der Waals surface area contributed by atoms with Crippen LogP contribution in [0.25, 0.3) is 0 Å². The van der Waals surface area contributed by atoms with Gasteiger partial charge in [-0.1, -0.05) is 0 Å². The molecule has 5 heteroatoms. The Bertz CT molecular complexity index is 624. The van der Waals surface area contributed by atoms with Gasteiger partial charge in [-0.15, -0.1) is 11.8 Å². The lowest BCUT2D eigenvalue weighted by Crippen LogP contribution is -2.22. The van der Waals surface area contributed by atoms with Crippen molar-refractivity contribution in [3.05, 3.63) is 41.9 Å². The van der Waals surface area contributed by atoms with Crippen LogP contribution < -0.4 is 15.2 Å². The molecule has 1 aromatic carbocycles. The van der Waals surface area contributed by atoms with Crippen LogP contribution in [-0.2, 0) is 0 Å². The van der Waals surface area contributed by atoms with Gasteiger partial charge in [0.15, 0.2) is 11.5 Å². The van der Waals surface area contributed by atoms with Gasteiger partial charge in [0.2, 0.25) is 0 Å². The fraction of sp³-hybridized carbons (Fsp3) is 0.375. The topological polar surface area (TPSA) is 57.6 Å². The molecular formula is C16H19NO3S. The predicted molar refractivity (Wildman–Crippen MR) is 83.1 cm³/mol. The number of hydrogen-bond donors (Lipinski definition) is 1. The van der Waals surface area contributed by atoms with Gasteiger partial charge in [-0.3, -0.25) is 0 Å². The Morgan fingerprint density at radius 1 is 1.10 bits per heavy atom. The highest BCUT2D eigenvalue weighted by molar-refractivity contribution is 7.99. The zero-order valence-corrected chi connectivity index (χ0v) is 13.0. The van der Waals surface area contributed by atoms with Crippen LogP contribution in [0.15, 0.2) is 39.6 Å². The molecule has 1 aliphatic rings. The van der Waals surface area contributed by atoms with Gasteiger partial charge in [0.05, 0.1) is 5.25 Å². The van der Waals surface area contributed by atoms with E-state index in [1.54, 1.807) is 11.8 Å². The second kappa shape index (κ2) is 6.03. The van der Waals surface area contributed by atoms with Crippen LogP contribution in [0.3, 0.4) is 0 Å². The molecule has 0 radical (unpaired) electrons. The quantitative estimate of drug-likeness (QED) is 0.876. The average molecular weight is 305 g/mol. The molecule has 0 bridgehead atoms. The lowest BCUT2D eigenvalue weighted by atomic mass is 10.2. The van der Waals surface area contributed by atoms with Crippen molar-refractivity contribution in [2.24, 2.45) is 5.73 Å². The first-order valence-electron chi connectivity index (χ1n) is 7.02. The minimum atomic E-state index is -0.0197. The lowest BCUT2D eigenvalue weighted by Gasteiger charge is -2.21. The number of thioether (sulfide) groups is 1. The van der Waals surface area contributed by atoms with Crippen LogP contribution in [0.2, 0.25) is 0 Å². The second-order valence-electron chi connectivity index (χ2n) is 5.15. The molecule has 0 fully saturated rings. The number of nitrogens with two attached hydrogens (primary N) is 1. The fourth-order valence-corrected chi connectivity index (χ4v) is 3.35. The molecule has 2 atom stereocenters. The van der Waals surface area contributed by atoms with Gasteiger partial charge >= 0.3 is 0 Å². The van der Waals surface area contributed by atoms with Crippen LogP contribution >= 0.6 is 11.8 Å². The van der Waals surface area contributed by atoms with Crippen molar-refractivity contribution < 1.29 is 13.9 Å². The van der Waals surface area contributed by atoms with Crippen LogP contribution in [0.4, 0.5) is 0 Å². The van der Waals surface area contributed by atoms with Crippen LogP contribution in [-0.4, -0.2) is 19.3 Å². The van der Waals surface area contributed by atoms with Crippen LogP contribution in [0, 0.1) is 6.92 Å². The SMILES string of the molecule is Cc1ccc(C(Sc2ccc3c(c2)OCCO3)C(C)N)o1. The maximum absolute atomic E-state index is 6.13. The molecule has 1 aromatic heterocycles. The van der Waals surface area contributed by atoms with Gasteiger partial charge < -0.3 is 19.6 Å². The molecule has 0 saturated carbocycles. The Labute approximate surface area is 128 Å². The average Bonchev–Trinajstić information content (AvgIpc) is 2.90. The van der Waals surface area contributed by atoms with Crippen molar-refractivity contribution >= 4 is 11.8 Å². The van der Waals surface area contributed by atoms with Gasteiger partial charge in [0.1, 0.15) is 24.7 Å². The zero-order valence-electron chi connectivity index (χ0n) is 12.2. The molecule has 0 amide bonds. The molecule has 0 saturated heterocycles. The summed E-state index contributed by atoms with van der Waals surface area (Å²) in [6, 6.07) is 9.92. The first-order chi connectivity index (χ1) is 10.1. The third-order valence-corrected chi connectivity index (χ3v) is 4.74. The smallest absolute Gasteiger partial charge is 0.162 e. The summed E-state index contributed by atoms with van der Waals surface area (Å²) in [4.78, 5) is 1.09. The Balaban J connectivity index is 1.83. The van der Waals surface area contributed by atoms with Gasteiger partial charge in [0, 0.05) is 10.9 Å². The first-order valence-corrected chi connectivity index (χ1v) is 7.89. The van der Waals surface area contributed by atoms with Crippen LogP contribution in [0.1, 0.15) is 23.7 Å². The summed E-state index contributed by atoms with van der Waals surface area (Å²) in [5.41, 5.74) is 6.13. The molecule has 4 nitrogen and oxygen atoms in total. The number of fused-ring (bicyclic) bond motifs is 1. The third-order valence-electron chi connectivity index (χ3n) is 3.30. The normalized spacial score (nSPS) is 16.5. The summed E-state index contributed by atoms with van der Waals surface area (Å²) in [7, 11) is 0. The molecule has 0 spiro atoms. The van der Waals surface area contributed by atoms with Crippen molar-refractivity contribution in [2.75, 3.05) is 13.2 Å². The monoisotopic (exact) mass is 305 g/mol. The predicted octanol–water partition coefficient (Wildman–Crippen LogP) is 3.54. The number of benzene rings is 1. The van der Waals surface area contributed by atoms with E-state index in [-0.39, 0.29) is 11.3 Å². The number of hydrogen-bond acceptors (Lipinski definition) is 5. The molecule has 112 valence electrons. The highest BCUT2D eigenvalue weighted by Gasteiger charge is 2.22. The van der Waals surface area contributed by atoms with E-state index in [2.05, 4.69) is 0 Å². The summed E-state index contributed by atoms with van der Waals surface area (Å²) < 4.78 is 16.9. The molecule has 3 rings (SSSR count). The highest BCUT2D eigenvalue weighted by atomic mass is 32.2. The molecule has 0 aliphatic carbocycles. The van der Waals surface area contributed by atoms with E-state index < -0.39 is 0 Å². The Morgan fingerprint density at radius 2 is 1.86 bits per heavy atom. The third kappa shape index (κ3) is 3.19. The van der Waals surface area contributed by atoms with Gasteiger partial charge in [-0.2, -0.15) is 0 Å². The largest absolute Gasteiger partial charge is 0.486 e. The fourth-order valence-electron chi connectivity index (χ4n) is 2.27. The van der Waals surface area contributed by atoms with Crippen molar-refractivity contribution in [1.82, 2.24) is 0 Å². The van der Waals surface area contributed by atoms with E-state index in [4.69, 9.17) is 19.6 Å². The summed E-state index contributed by atoms with van der Waals surface area (Å²) in [5, 5.41) is 0.0706. The van der Waals surface area contributed by atoms with Crippen molar-refractivity contribution in [3.8, 4) is 11.5 Å². The number of ether oxygens (including phenoxy) is 2. The summed E-state index contributed by atoms with van der Waals surface area (Å²) in [6.45, 7) is 5.13. The van der Waals surface area contributed by atoms with Crippen molar-refractivity contribution in [2.45, 2.75) is 30.0 Å². The maximum Gasteiger partial charge on any atom is 0.162 e. The minimum absolute atomic E-state index is 0.0197. The second-order valence-corrected chi connectivity index (χ2v) is 6.37. The minimum Gasteiger partial charge on any atom is -0.486 e. The maximum atomic E-state index is 6.13. The summed E-state index contributed by atoms with van der Waals surface area (Å²) >= 11 is 1.68. The lowest BCUT2D eigenvalue weighted by molar-refractivity contribution is 0.171. The van der Waals surface area contributed by atoms with Crippen molar-refractivity contribution in [1.29, 1.82) is 0 Å². The summed E-state index contributed by atoms with van der Waals surface area (Å²) in [6.07, 6.45) is 0. The number of aryl methyl sites for hydroxylation is 1. The van der Waals surface area contributed by atoms with E-state index >= 15 is 0 Å². The number of rotatable bonds is 4. The standard InChI is InChI=1S/C16H19NO3S/c1-10-3-5-14(20-10)16(11(2)17)21-12-4-6-13-15(9-12)19-8-7-18-13/h3-6,9,11,16H,7-8,17H2,1-2H3. The van der Waals surface area contributed by atoms with E-state index in [1.165, 1.54) is 0 Å². The van der Waals surface area contributed by atoms with E-state index in [0.29, 0.717) is 13.2 Å². The van der Waals surface area contributed by atoms with E-state index in [9.17, 15) is 0 Å². The molecular weight excluding hydrogens is 286 g/mol. The molecule has 2 aromatic rings. The van der Waals surface area contributed by atoms with E-state index in [0.717, 1.165) is 27.9 Å². The molecule has 2 unspecified atom stereocenters.